The number of halogens is 1. The Labute approximate surface area is 138 Å². The fourth-order valence-corrected chi connectivity index (χ4v) is 3.79. The first kappa shape index (κ1) is 15.7. The molecule has 1 N–H and O–H groups in total. The maximum Gasteiger partial charge on any atom is 0.323 e. The second-order valence-corrected chi connectivity index (χ2v) is 6.29. The lowest BCUT2D eigenvalue weighted by molar-refractivity contribution is 0.214. The van der Waals surface area contributed by atoms with Gasteiger partial charge in [0.25, 0.3) is 0 Å². The van der Waals surface area contributed by atoms with Gasteiger partial charge in [-0.15, -0.1) is 11.8 Å². The van der Waals surface area contributed by atoms with E-state index in [9.17, 15) is 9.18 Å². The lowest BCUT2D eigenvalue weighted by Crippen LogP contribution is -2.34. The Morgan fingerprint density at radius 2 is 2.13 bits per heavy atom. The van der Waals surface area contributed by atoms with E-state index in [1.54, 1.807) is 42.0 Å². The molecule has 1 atom stereocenters. The molecule has 1 fully saturated rings. The van der Waals surface area contributed by atoms with Crippen molar-refractivity contribution >= 4 is 23.5 Å². The highest BCUT2D eigenvalue weighted by Gasteiger charge is 2.31. The topological polar surface area (TPSA) is 41.6 Å². The van der Waals surface area contributed by atoms with Crippen LogP contribution in [-0.2, 0) is 0 Å². The van der Waals surface area contributed by atoms with Gasteiger partial charge < -0.3 is 15.0 Å². The van der Waals surface area contributed by atoms with Gasteiger partial charge in [-0.25, -0.2) is 9.18 Å². The smallest absolute Gasteiger partial charge is 0.323 e. The maximum atomic E-state index is 13.4. The summed E-state index contributed by atoms with van der Waals surface area (Å²) in [7, 11) is 1.56. The minimum atomic E-state index is -0.292. The van der Waals surface area contributed by atoms with Gasteiger partial charge in [0.1, 0.15) is 16.9 Å². The Morgan fingerprint density at radius 1 is 1.30 bits per heavy atom. The van der Waals surface area contributed by atoms with Gasteiger partial charge in [-0.05, 0) is 29.8 Å². The quantitative estimate of drug-likeness (QED) is 0.919. The molecule has 1 aliphatic rings. The van der Waals surface area contributed by atoms with E-state index in [1.165, 1.54) is 12.1 Å². The molecule has 0 aliphatic carbocycles. The molecule has 2 aromatic carbocycles. The monoisotopic (exact) mass is 332 g/mol. The molecule has 120 valence electrons. The van der Waals surface area contributed by atoms with Crippen LogP contribution in [0.4, 0.5) is 14.9 Å². The van der Waals surface area contributed by atoms with Crippen LogP contribution >= 0.6 is 11.8 Å². The van der Waals surface area contributed by atoms with E-state index >= 15 is 0 Å². The van der Waals surface area contributed by atoms with Crippen molar-refractivity contribution in [3.05, 3.63) is 59.9 Å². The normalized spacial score (nSPS) is 17.1. The third-order valence-electron chi connectivity index (χ3n) is 3.63. The summed E-state index contributed by atoms with van der Waals surface area (Å²) in [6.45, 7) is 0.618. The summed E-state index contributed by atoms with van der Waals surface area (Å²) in [5.41, 5.74) is 1.41. The number of anilines is 1. The fourth-order valence-electron chi connectivity index (χ4n) is 2.55. The number of nitrogens with zero attached hydrogens (tertiary/aromatic N) is 1. The van der Waals surface area contributed by atoms with Crippen LogP contribution in [0, 0.1) is 5.82 Å². The van der Waals surface area contributed by atoms with Crippen LogP contribution in [-0.4, -0.2) is 30.3 Å². The summed E-state index contributed by atoms with van der Waals surface area (Å²) >= 11 is 1.63. The van der Waals surface area contributed by atoms with Crippen molar-refractivity contribution in [2.75, 3.05) is 24.7 Å². The van der Waals surface area contributed by atoms with E-state index in [1.807, 2.05) is 18.2 Å². The number of para-hydroxylation sites is 2. The van der Waals surface area contributed by atoms with Crippen molar-refractivity contribution in [2.45, 2.75) is 5.37 Å². The number of urea groups is 1. The third kappa shape index (κ3) is 3.42. The van der Waals surface area contributed by atoms with Gasteiger partial charge in [-0.2, -0.15) is 0 Å². The Balaban J connectivity index is 1.78. The van der Waals surface area contributed by atoms with Crippen molar-refractivity contribution in [3.8, 4) is 5.75 Å². The molecular formula is C17H17FN2O2S. The molecule has 1 unspecified atom stereocenters. The molecule has 1 heterocycles. The van der Waals surface area contributed by atoms with Crippen LogP contribution in [0.3, 0.4) is 0 Å². The number of hydrogen-bond acceptors (Lipinski definition) is 3. The zero-order valence-corrected chi connectivity index (χ0v) is 13.5. The van der Waals surface area contributed by atoms with Crippen LogP contribution in [0.2, 0.25) is 0 Å². The molecule has 0 radical (unpaired) electrons. The largest absolute Gasteiger partial charge is 0.495 e. The second kappa shape index (κ2) is 6.91. The van der Waals surface area contributed by atoms with E-state index in [0.717, 1.165) is 11.3 Å². The van der Waals surface area contributed by atoms with Crippen molar-refractivity contribution in [1.29, 1.82) is 0 Å². The van der Waals surface area contributed by atoms with Crippen LogP contribution < -0.4 is 10.1 Å². The molecule has 2 amide bonds. The summed E-state index contributed by atoms with van der Waals surface area (Å²) in [4.78, 5) is 14.3. The predicted molar refractivity (Wildman–Crippen MR) is 90.3 cm³/mol. The molecule has 3 rings (SSSR count). The van der Waals surface area contributed by atoms with Gasteiger partial charge in [0.05, 0.1) is 12.8 Å². The first-order chi connectivity index (χ1) is 11.2. The fraction of sp³-hybridized carbons (Fsp3) is 0.235. The number of thioether (sulfide) groups is 1. The SMILES string of the molecule is COc1ccccc1NC(=O)N1CCSC1c1cccc(F)c1. The van der Waals surface area contributed by atoms with Crippen LogP contribution in [0.25, 0.3) is 0 Å². The molecule has 1 saturated heterocycles. The minimum Gasteiger partial charge on any atom is -0.495 e. The number of amides is 2. The Bertz CT molecular complexity index is 710. The standard InChI is InChI=1S/C17H17FN2O2S/c1-22-15-8-3-2-7-14(15)19-17(21)20-9-10-23-16(20)12-5-4-6-13(18)11-12/h2-8,11,16H,9-10H2,1H3,(H,19,21). The Morgan fingerprint density at radius 3 is 2.91 bits per heavy atom. The number of hydrogen-bond donors (Lipinski definition) is 1. The molecule has 0 spiro atoms. The summed E-state index contributed by atoms with van der Waals surface area (Å²) in [6, 6.07) is 13.4. The number of ether oxygens (including phenoxy) is 1. The highest BCUT2D eigenvalue weighted by molar-refractivity contribution is 7.99. The molecule has 0 saturated carbocycles. The lowest BCUT2D eigenvalue weighted by atomic mass is 10.2. The second-order valence-electron chi connectivity index (χ2n) is 5.10. The summed E-state index contributed by atoms with van der Waals surface area (Å²) in [5, 5.41) is 2.69. The average molecular weight is 332 g/mol. The molecule has 1 aliphatic heterocycles. The van der Waals surface area contributed by atoms with Gasteiger partial charge in [-0.1, -0.05) is 24.3 Å². The third-order valence-corrected chi connectivity index (χ3v) is 4.89. The van der Waals surface area contributed by atoms with Gasteiger partial charge in [-0.3, -0.25) is 0 Å². The summed E-state index contributed by atoms with van der Waals surface area (Å²) < 4.78 is 18.7. The predicted octanol–water partition coefficient (Wildman–Crippen LogP) is 4.11. The van der Waals surface area contributed by atoms with E-state index in [4.69, 9.17) is 4.74 Å². The van der Waals surface area contributed by atoms with Crippen LogP contribution in [0.5, 0.6) is 5.75 Å². The van der Waals surface area contributed by atoms with Crippen molar-refractivity contribution in [3.63, 3.8) is 0 Å². The summed E-state index contributed by atoms with van der Waals surface area (Å²) in [5.74, 6) is 1.13. The summed E-state index contributed by atoms with van der Waals surface area (Å²) in [6.07, 6.45) is 0. The lowest BCUT2D eigenvalue weighted by Gasteiger charge is -2.24. The van der Waals surface area contributed by atoms with E-state index < -0.39 is 0 Å². The number of carbonyl (C=O) groups is 1. The van der Waals surface area contributed by atoms with Gasteiger partial charge in [0.15, 0.2) is 0 Å². The van der Waals surface area contributed by atoms with Crippen LogP contribution in [0.15, 0.2) is 48.5 Å². The van der Waals surface area contributed by atoms with E-state index in [0.29, 0.717) is 18.0 Å². The Hall–Kier alpha value is -2.21. The van der Waals surface area contributed by atoms with Crippen molar-refractivity contribution < 1.29 is 13.9 Å². The number of rotatable bonds is 3. The molecule has 23 heavy (non-hydrogen) atoms. The molecular weight excluding hydrogens is 315 g/mol. The van der Waals surface area contributed by atoms with Crippen molar-refractivity contribution in [1.82, 2.24) is 4.90 Å². The number of methoxy groups -OCH3 is 1. The highest BCUT2D eigenvalue weighted by Crippen LogP contribution is 2.38. The molecule has 0 bridgehead atoms. The average Bonchev–Trinajstić information content (AvgIpc) is 3.05. The zero-order chi connectivity index (χ0) is 16.2. The number of benzene rings is 2. The Kier molecular flexibility index (Phi) is 4.71. The van der Waals surface area contributed by atoms with Gasteiger partial charge >= 0.3 is 6.03 Å². The molecule has 6 heteroatoms. The van der Waals surface area contributed by atoms with Gasteiger partial charge in [0, 0.05) is 12.3 Å². The van der Waals surface area contributed by atoms with Crippen molar-refractivity contribution in [2.24, 2.45) is 0 Å². The number of carbonyl (C=O) groups excluding carboxylic acids is 1. The van der Waals surface area contributed by atoms with E-state index in [-0.39, 0.29) is 17.2 Å². The van der Waals surface area contributed by atoms with Gasteiger partial charge in [0.2, 0.25) is 0 Å². The highest BCUT2D eigenvalue weighted by atomic mass is 32.2. The van der Waals surface area contributed by atoms with E-state index in [2.05, 4.69) is 5.32 Å². The van der Waals surface area contributed by atoms with Crippen LogP contribution in [0.1, 0.15) is 10.9 Å². The zero-order valence-electron chi connectivity index (χ0n) is 12.7. The molecule has 2 aromatic rings. The number of nitrogens with one attached hydrogen (secondary N) is 1. The molecule has 4 nitrogen and oxygen atoms in total. The first-order valence-corrected chi connectivity index (χ1v) is 8.31. The first-order valence-electron chi connectivity index (χ1n) is 7.27. The minimum absolute atomic E-state index is 0.180. The maximum absolute atomic E-state index is 13.4. The molecule has 0 aromatic heterocycles.